The molecule has 0 aromatic carbocycles. The Bertz CT molecular complexity index is 110. The highest BCUT2D eigenvalue weighted by Gasteiger charge is 2.41. The van der Waals surface area contributed by atoms with E-state index in [1.54, 1.807) is 0 Å². The molecule has 1 heterocycles. The summed E-state index contributed by atoms with van der Waals surface area (Å²) in [5.74, 6) is 0. The van der Waals surface area contributed by atoms with Crippen molar-refractivity contribution in [2.45, 2.75) is 24.4 Å². The fraction of sp³-hybridized carbons (Fsp3) is 1.00. The van der Waals surface area contributed by atoms with Gasteiger partial charge in [0.1, 0.15) is 24.4 Å². The molecule has 0 aromatic heterocycles. The monoisotopic (exact) mass is 164 g/mol. The van der Waals surface area contributed by atoms with E-state index >= 15 is 0 Å². The second-order valence-corrected chi connectivity index (χ2v) is 2.56. The van der Waals surface area contributed by atoms with Gasteiger partial charge in [-0.3, -0.25) is 0 Å². The second kappa shape index (κ2) is 3.46. The summed E-state index contributed by atoms with van der Waals surface area (Å²) in [6, 6.07) is 0. The van der Waals surface area contributed by atoms with Crippen LogP contribution in [0.1, 0.15) is 0 Å². The highest BCUT2D eigenvalue weighted by atomic mass is 16.6. The van der Waals surface area contributed by atoms with Gasteiger partial charge >= 0.3 is 0 Å². The predicted molar refractivity (Wildman–Crippen MR) is 34.8 cm³/mol. The van der Waals surface area contributed by atoms with Crippen molar-refractivity contribution in [1.82, 2.24) is 0 Å². The Balaban J connectivity index is 2.53. The van der Waals surface area contributed by atoms with Crippen molar-refractivity contribution in [3.63, 3.8) is 0 Å². The van der Waals surface area contributed by atoms with E-state index in [1.165, 1.54) is 0 Å². The summed E-state index contributed by atoms with van der Waals surface area (Å²) in [7, 11) is 0. The summed E-state index contributed by atoms with van der Waals surface area (Å²) in [5, 5.41) is 35.4. The van der Waals surface area contributed by atoms with Gasteiger partial charge in [-0.1, -0.05) is 0 Å². The lowest BCUT2D eigenvalue weighted by Crippen LogP contribution is -2.34. The number of rotatable bonds is 2. The van der Waals surface area contributed by atoms with Gasteiger partial charge in [-0.2, -0.15) is 0 Å². The average molecular weight is 164 g/mol. The SMILES string of the molecule is OC[C@@H]1O[C@H](CO)[C@@H](O)[C@@H]1O. The minimum atomic E-state index is -1.10. The largest absolute Gasteiger partial charge is 0.394 e. The van der Waals surface area contributed by atoms with Crippen LogP contribution in [0, 0.1) is 0 Å². The number of hydrogen-bond donors (Lipinski definition) is 4. The first-order valence-corrected chi connectivity index (χ1v) is 3.44. The average Bonchev–Trinajstić information content (AvgIpc) is 2.30. The molecule has 0 bridgehead atoms. The van der Waals surface area contributed by atoms with Crippen LogP contribution in [0.2, 0.25) is 0 Å². The van der Waals surface area contributed by atoms with Gasteiger partial charge in [0, 0.05) is 0 Å². The molecule has 0 unspecified atom stereocenters. The molecule has 66 valence electrons. The van der Waals surface area contributed by atoms with Crippen LogP contribution in [0.15, 0.2) is 0 Å². The zero-order valence-corrected chi connectivity index (χ0v) is 5.92. The van der Waals surface area contributed by atoms with Crippen LogP contribution in [0.5, 0.6) is 0 Å². The summed E-state index contributed by atoms with van der Waals surface area (Å²) in [6.45, 7) is -0.705. The maximum atomic E-state index is 9.11. The van der Waals surface area contributed by atoms with Crippen LogP contribution in [0.4, 0.5) is 0 Å². The van der Waals surface area contributed by atoms with E-state index in [9.17, 15) is 0 Å². The molecule has 0 amide bonds. The van der Waals surface area contributed by atoms with Gasteiger partial charge in [0.15, 0.2) is 0 Å². The van der Waals surface area contributed by atoms with Gasteiger partial charge < -0.3 is 25.2 Å². The van der Waals surface area contributed by atoms with Crippen molar-refractivity contribution >= 4 is 0 Å². The molecule has 0 radical (unpaired) electrons. The lowest BCUT2D eigenvalue weighted by atomic mass is 10.1. The summed E-state index contributed by atoms with van der Waals surface area (Å²) < 4.78 is 4.88. The molecular formula is C6H12O5. The highest BCUT2D eigenvalue weighted by molar-refractivity contribution is 4.89. The van der Waals surface area contributed by atoms with Crippen molar-refractivity contribution in [3.8, 4) is 0 Å². The molecule has 0 aliphatic carbocycles. The lowest BCUT2D eigenvalue weighted by Gasteiger charge is -2.10. The van der Waals surface area contributed by atoms with Crippen LogP contribution in [0.25, 0.3) is 0 Å². The van der Waals surface area contributed by atoms with E-state index < -0.39 is 24.4 Å². The Kier molecular flexibility index (Phi) is 2.80. The molecular weight excluding hydrogens is 152 g/mol. The Morgan fingerprint density at radius 1 is 0.909 bits per heavy atom. The van der Waals surface area contributed by atoms with Crippen LogP contribution in [0.3, 0.4) is 0 Å². The molecule has 5 nitrogen and oxygen atoms in total. The molecule has 1 aliphatic rings. The van der Waals surface area contributed by atoms with Crippen LogP contribution < -0.4 is 0 Å². The fourth-order valence-electron chi connectivity index (χ4n) is 1.13. The maximum Gasteiger partial charge on any atom is 0.111 e. The Morgan fingerprint density at radius 3 is 1.45 bits per heavy atom. The summed E-state index contributed by atoms with van der Waals surface area (Å²) in [5.41, 5.74) is 0. The van der Waals surface area contributed by atoms with Crippen molar-refractivity contribution in [2.75, 3.05) is 13.2 Å². The first kappa shape index (κ1) is 8.89. The third-order valence-corrected chi connectivity index (χ3v) is 1.82. The van der Waals surface area contributed by atoms with Gasteiger partial charge in [-0.15, -0.1) is 0 Å². The summed E-state index contributed by atoms with van der Waals surface area (Å²) in [6.07, 6.45) is -3.75. The molecule has 5 heteroatoms. The molecule has 1 fully saturated rings. The quantitative estimate of drug-likeness (QED) is 0.361. The topological polar surface area (TPSA) is 90.2 Å². The normalized spacial score (nSPS) is 44.7. The number of hydrogen-bond acceptors (Lipinski definition) is 5. The molecule has 11 heavy (non-hydrogen) atoms. The number of ether oxygens (including phenoxy) is 1. The van der Waals surface area contributed by atoms with E-state index in [2.05, 4.69) is 0 Å². The Morgan fingerprint density at radius 2 is 1.27 bits per heavy atom. The van der Waals surface area contributed by atoms with Gasteiger partial charge in [-0.25, -0.2) is 0 Å². The van der Waals surface area contributed by atoms with Crippen molar-refractivity contribution < 1.29 is 25.2 Å². The van der Waals surface area contributed by atoms with Crippen LogP contribution >= 0.6 is 0 Å². The first-order valence-electron chi connectivity index (χ1n) is 3.44. The summed E-state index contributed by atoms with van der Waals surface area (Å²) in [4.78, 5) is 0. The minimum absolute atomic E-state index is 0.352. The molecule has 0 aromatic rings. The van der Waals surface area contributed by atoms with E-state index in [4.69, 9.17) is 25.2 Å². The zero-order chi connectivity index (χ0) is 8.43. The van der Waals surface area contributed by atoms with Gasteiger partial charge in [-0.05, 0) is 0 Å². The third kappa shape index (κ3) is 1.52. The van der Waals surface area contributed by atoms with Gasteiger partial charge in [0.25, 0.3) is 0 Å². The third-order valence-electron chi connectivity index (χ3n) is 1.82. The van der Waals surface area contributed by atoms with Crippen molar-refractivity contribution in [1.29, 1.82) is 0 Å². The van der Waals surface area contributed by atoms with E-state index in [-0.39, 0.29) is 13.2 Å². The van der Waals surface area contributed by atoms with Crippen molar-refractivity contribution in [2.24, 2.45) is 0 Å². The minimum Gasteiger partial charge on any atom is -0.394 e. The van der Waals surface area contributed by atoms with E-state index in [0.29, 0.717) is 0 Å². The standard InChI is InChI=1S/C6H12O5/c7-1-3-5(9)6(10)4(2-8)11-3/h3-10H,1-2H2/t3-,4+,5-,6-/m1/s1. The van der Waals surface area contributed by atoms with Crippen LogP contribution in [-0.4, -0.2) is 58.1 Å². The molecule has 4 atom stereocenters. The first-order chi connectivity index (χ1) is 5.20. The Hall–Kier alpha value is -0.200. The molecule has 1 aliphatic heterocycles. The Labute approximate surface area is 63.8 Å². The maximum absolute atomic E-state index is 9.11. The molecule has 1 saturated heterocycles. The van der Waals surface area contributed by atoms with Gasteiger partial charge in [0.05, 0.1) is 13.2 Å². The molecule has 1 rings (SSSR count). The molecule has 4 N–H and O–H groups in total. The smallest absolute Gasteiger partial charge is 0.111 e. The van der Waals surface area contributed by atoms with E-state index in [1.807, 2.05) is 0 Å². The van der Waals surface area contributed by atoms with Crippen molar-refractivity contribution in [3.05, 3.63) is 0 Å². The lowest BCUT2D eigenvalue weighted by molar-refractivity contribution is -0.0395. The molecule has 0 saturated carbocycles. The second-order valence-electron chi connectivity index (χ2n) is 2.56. The fourth-order valence-corrected chi connectivity index (χ4v) is 1.13. The van der Waals surface area contributed by atoms with Crippen LogP contribution in [-0.2, 0) is 4.74 Å². The predicted octanol–water partition coefficient (Wildman–Crippen LogP) is -2.54. The van der Waals surface area contributed by atoms with Gasteiger partial charge in [0.2, 0.25) is 0 Å². The number of aliphatic hydroxyl groups is 4. The zero-order valence-electron chi connectivity index (χ0n) is 5.92. The van der Waals surface area contributed by atoms with E-state index in [0.717, 1.165) is 0 Å². The number of aliphatic hydroxyl groups excluding tert-OH is 4. The molecule has 0 spiro atoms. The highest BCUT2D eigenvalue weighted by Crippen LogP contribution is 2.20. The summed E-state index contributed by atoms with van der Waals surface area (Å²) >= 11 is 0.